The van der Waals surface area contributed by atoms with Crippen molar-refractivity contribution in [3.63, 3.8) is 0 Å². The smallest absolute Gasteiger partial charge is 0.274 e. The van der Waals surface area contributed by atoms with Gasteiger partial charge in [-0.15, -0.1) is 0 Å². The first-order valence-corrected chi connectivity index (χ1v) is 6.72. The van der Waals surface area contributed by atoms with Crippen LogP contribution in [0.4, 0.5) is 17.1 Å². The number of rotatable bonds is 4. The second-order valence-electron chi connectivity index (χ2n) is 5.16. The Balaban J connectivity index is 2.24. The summed E-state index contributed by atoms with van der Waals surface area (Å²) in [6.07, 6.45) is 0. The fourth-order valence-electron chi connectivity index (χ4n) is 2.01. The number of carbonyl (C=O) groups excluding carboxylic acids is 1. The molecule has 0 fully saturated rings. The molecule has 0 bridgehead atoms. The third kappa shape index (κ3) is 3.41. The normalized spacial score (nSPS) is 10.1. The Morgan fingerprint density at radius 2 is 1.91 bits per heavy atom. The van der Waals surface area contributed by atoms with Crippen LogP contribution < -0.4 is 10.2 Å². The third-order valence-electron chi connectivity index (χ3n) is 3.29. The Hall–Kier alpha value is -2.89. The molecule has 0 aliphatic heterocycles. The molecule has 0 aromatic heterocycles. The second kappa shape index (κ2) is 6.26. The summed E-state index contributed by atoms with van der Waals surface area (Å²) in [5.41, 5.74) is 2.34. The van der Waals surface area contributed by atoms with Gasteiger partial charge in [0, 0.05) is 42.7 Å². The van der Waals surface area contributed by atoms with Gasteiger partial charge < -0.3 is 10.2 Å². The van der Waals surface area contributed by atoms with Gasteiger partial charge in [-0.05, 0) is 31.2 Å². The molecule has 114 valence electrons. The lowest BCUT2D eigenvalue weighted by atomic mass is 10.1. The van der Waals surface area contributed by atoms with Crippen LogP contribution in [0.2, 0.25) is 0 Å². The molecule has 0 atom stereocenters. The zero-order valence-electron chi connectivity index (χ0n) is 12.7. The van der Waals surface area contributed by atoms with Crippen molar-refractivity contribution < 1.29 is 9.72 Å². The number of carbonyl (C=O) groups is 1. The first-order valence-electron chi connectivity index (χ1n) is 6.72. The summed E-state index contributed by atoms with van der Waals surface area (Å²) in [4.78, 5) is 24.6. The van der Waals surface area contributed by atoms with Gasteiger partial charge in [-0.25, -0.2) is 0 Å². The number of benzene rings is 2. The van der Waals surface area contributed by atoms with E-state index in [0.717, 1.165) is 5.69 Å². The van der Waals surface area contributed by atoms with Crippen LogP contribution in [0.5, 0.6) is 0 Å². The molecule has 0 aliphatic rings. The molecule has 1 N–H and O–H groups in total. The van der Waals surface area contributed by atoms with E-state index in [1.165, 1.54) is 6.07 Å². The summed E-state index contributed by atoms with van der Waals surface area (Å²) in [5.74, 6) is -0.304. The van der Waals surface area contributed by atoms with Crippen molar-refractivity contribution >= 4 is 23.0 Å². The van der Waals surface area contributed by atoms with Gasteiger partial charge in [0.1, 0.15) is 0 Å². The molecule has 2 rings (SSSR count). The summed E-state index contributed by atoms with van der Waals surface area (Å²) in [7, 11) is 3.78. The van der Waals surface area contributed by atoms with Crippen molar-refractivity contribution in [3.05, 3.63) is 63.7 Å². The van der Waals surface area contributed by atoms with E-state index < -0.39 is 4.92 Å². The minimum Gasteiger partial charge on any atom is -0.378 e. The maximum absolute atomic E-state index is 12.3. The van der Waals surface area contributed by atoms with E-state index >= 15 is 0 Å². The molecule has 2 aromatic rings. The second-order valence-corrected chi connectivity index (χ2v) is 5.16. The van der Waals surface area contributed by atoms with E-state index in [0.29, 0.717) is 16.8 Å². The van der Waals surface area contributed by atoms with E-state index in [9.17, 15) is 14.9 Å². The van der Waals surface area contributed by atoms with E-state index in [2.05, 4.69) is 5.32 Å². The van der Waals surface area contributed by atoms with Crippen LogP contribution in [0.25, 0.3) is 0 Å². The van der Waals surface area contributed by atoms with Crippen molar-refractivity contribution in [2.75, 3.05) is 24.3 Å². The largest absolute Gasteiger partial charge is 0.378 e. The van der Waals surface area contributed by atoms with Gasteiger partial charge in [-0.1, -0.05) is 12.1 Å². The van der Waals surface area contributed by atoms with Gasteiger partial charge in [0.05, 0.1) is 4.92 Å². The quantitative estimate of drug-likeness (QED) is 0.694. The van der Waals surface area contributed by atoms with Gasteiger partial charge in [0.15, 0.2) is 0 Å². The minimum atomic E-state index is -0.461. The molecule has 0 heterocycles. The predicted octanol–water partition coefficient (Wildman–Crippen LogP) is 3.22. The average Bonchev–Trinajstić information content (AvgIpc) is 2.49. The fourth-order valence-corrected chi connectivity index (χ4v) is 2.01. The maximum atomic E-state index is 12.3. The SMILES string of the molecule is Cc1ccc(NC(=O)c2cccc(N(C)C)c2)cc1[N+](=O)[O-]. The summed E-state index contributed by atoms with van der Waals surface area (Å²) in [5, 5.41) is 13.6. The lowest BCUT2D eigenvalue weighted by Crippen LogP contribution is -2.14. The minimum absolute atomic E-state index is 0.0140. The van der Waals surface area contributed by atoms with Crippen molar-refractivity contribution in [2.45, 2.75) is 6.92 Å². The Labute approximate surface area is 128 Å². The van der Waals surface area contributed by atoms with Crippen LogP contribution in [-0.2, 0) is 0 Å². The van der Waals surface area contributed by atoms with Crippen molar-refractivity contribution in [2.24, 2.45) is 0 Å². The molecule has 22 heavy (non-hydrogen) atoms. The highest BCUT2D eigenvalue weighted by Gasteiger charge is 2.13. The maximum Gasteiger partial charge on any atom is 0.274 e. The van der Waals surface area contributed by atoms with Crippen LogP contribution in [0, 0.1) is 17.0 Å². The number of nitrogens with one attached hydrogen (secondary N) is 1. The average molecular weight is 299 g/mol. The fraction of sp³-hybridized carbons (Fsp3) is 0.188. The number of nitro benzene ring substituents is 1. The van der Waals surface area contributed by atoms with Crippen LogP contribution in [0.1, 0.15) is 15.9 Å². The number of anilines is 2. The molecule has 6 heteroatoms. The molecule has 0 unspecified atom stereocenters. The highest BCUT2D eigenvalue weighted by atomic mass is 16.6. The molecular formula is C16H17N3O3. The standard InChI is InChI=1S/C16H17N3O3/c1-11-7-8-13(10-15(11)19(21)22)17-16(20)12-5-4-6-14(9-12)18(2)3/h4-10H,1-3H3,(H,17,20). The van der Waals surface area contributed by atoms with Crippen LogP contribution in [0.3, 0.4) is 0 Å². The van der Waals surface area contributed by atoms with E-state index in [1.807, 2.05) is 25.1 Å². The number of amides is 1. The zero-order valence-corrected chi connectivity index (χ0v) is 12.7. The highest BCUT2D eigenvalue weighted by Crippen LogP contribution is 2.23. The van der Waals surface area contributed by atoms with Crippen LogP contribution in [-0.4, -0.2) is 24.9 Å². The Morgan fingerprint density at radius 1 is 1.18 bits per heavy atom. The molecule has 0 saturated heterocycles. The Bertz CT molecular complexity index is 726. The summed E-state index contributed by atoms with van der Waals surface area (Å²) in [6, 6.07) is 11.8. The highest BCUT2D eigenvalue weighted by molar-refractivity contribution is 6.05. The van der Waals surface area contributed by atoms with Gasteiger partial charge in [-0.3, -0.25) is 14.9 Å². The number of hydrogen-bond acceptors (Lipinski definition) is 4. The lowest BCUT2D eigenvalue weighted by molar-refractivity contribution is -0.385. The van der Waals surface area contributed by atoms with E-state index in [-0.39, 0.29) is 11.6 Å². The van der Waals surface area contributed by atoms with Gasteiger partial charge >= 0.3 is 0 Å². The molecule has 0 saturated carbocycles. The first kappa shape index (κ1) is 15.5. The van der Waals surface area contributed by atoms with Crippen molar-refractivity contribution in [1.82, 2.24) is 0 Å². The number of nitrogens with zero attached hydrogens (tertiary/aromatic N) is 2. The summed E-state index contributed by atoms with van der Waals surface area (Å²) in [6.45, 7) is 1.66. The van der Waals surface area contributed by atoms with E-state index in [4.69, 9.17) is 0 Å². The first-order chi connectivity index (χ1) is 10.4. The molecule has 2 aromatic carbocycles. The third-order valence-corrected chi connectivity index (χ3v) is 3.29. The molecular weight excluding hydrogens is 282 g/mol. The Morgan fingerprint density at radius 3 is 2.55 bits per heavy atom. The number of aryl methyl sites for hydroxylation is 1. The van der Waals surface area contributed by atoms with Gasteiger partial charge in [-0.2, -0.15) is 0 Å². The molecule has 0 aliphatic carbocycles. The van der Waals surface area contributed by atoms with Crippen LogP contribution in [0.15, 0.2) is 42.5 Å². The van der Waals surface area contributed by atoms with Crippen molar-refractivity contribution in [1.29, 1.82) is 0 Å². The molecule has 0 spiro atoms. The van der Waals surface area contributed by atoms with Gasteiger partial charge in [0.2, 0.25) is 0 Å². The van der Waals surface area contributed by atoms with Gasteiger partial charge in [0.25, 0.3) is 11.6 Å². The predicted molar refractivity (Wildman–Crippen MR) is 86.6 cm³/mol. The summed E-state index contributed by atoms with van der Waals surface area (Å²) < 4.78 is 0. The van der Waals surface area contributed by atoms with Crippen LogP contribution >= 0.6 is 0 Å². The van der Waals surface area contributed by atoms with E-state index in [1.54, 1.807) is 37.3 Å². The summed E-state index contributed by atoms with van der Waals surface area (Å²) >= 11 is 0. The molecule has 1 amide bonds. The number of nitro groups is 1. The lowest BCUT2D eigenvalue weighted by Gasteiger charge is -2.13. The van der Waals surface area contributed by atoms with Crippen molar-refractivity contribution in [3.8, 4) is 0 Å². The topological polar surface area (TPSA) is 75.5 Å². The zero-order chi connectivity index (χ0) is 16.3. The molecule has 0 radical (unpaired) electrons. The number of hydrogen-bond donors (Lipinski definition) is 1. The molecule has 6 nitrogen and oxygen atoms in total. The monoisotopic (exact) mass is 299 g/mol. The Kier molecular flexibility index (Phi) is 4.41.